The first-order valence-electron chi connectivity index (χ1n) is 10.0. The van der Waals surface area contributed by atoms with Crippen LogP contribution in [0.15, 0.2) is 60.5 Å². The number of nitriles is 1. The number of ether oxygens (including phenoxy) is 1. The zero-order chi connectivity index (χ0) is 21.0. The molecule has 0 bridgehead atoms. The van der Waals surface area contributed by atoms with Crippen molar-refractivity contribution in [3.05, 3.63) is 77.2 Å². The van der Waals surface area contributed by atoms with Gasteiger partial charge in [-0.2, -0.15) is 5.26 Å². The topological polar surface area (TPSA) is 70.3 Å². The van der Waals surface area contributed by atoms with Crippen LogP contribution in [0.5, 0.6) is 0 Å². The maximum absolute atomic E-state index is 13.3. The zero-order valence-electron chi connectivity index (χ0n) is 17.1. The highest BCUT2D eigenvalue weighted by Crippen LogP contribution is 2.46. The molecular weight excluding hydrogens is 364 g/mol. The quantitative estimate of drug-likeness (QED) is 0.808. The lowest BCUT2D eigenvalue weighted by Gasteiger charge is -2.34. The summed E-state index contributed by atoms with van der Waals surface area (Å²) in [6.07, 6.45) is -0.113. The molecule has 0 amide bonds. The second kappa shape index (κ2) is 8.60. The maximum Gasteiger partial charge on any atom is 0.304 e. The van der Waals surface area contributed by atoms with Crippen molar-refractivity contribution < 1.29 is 19.1 Å². The van der Waals surface area contributed by atoms with E-state index in [0.717, 1.165) is 11.1 Å². The van der Waals surface area contributed by atoms with Gasteiger partial charge in [0.1, 0.15) is 24.8 Å². The minimum atomic E-state index is -0.542. The molecule has 2 aromatic rings. The van der Waals surface area contributed by atoms with Crippen LogP contribution in [0.25, 0.3) is 5.57 Å². The molecular formula is C24H27N2O3+. The first kappa shape index (κ1) is 20.8. The Morgan fingerprint density at radius 3 is 2.38 bits per heavy atom. The SMILES string of the molecule is CC.COC1=C(c2ccccc2)C(=O)C2CC(O)C[N+]12Cc1ccc(C#N)cc1. The van der Waals surface area contributed by atoms with Crippen molar-refractivity contribution in [3.8, 4) is 6.07 Å². The monoisotopic (exact) mass is 391 g/mol. The van der Waals surface area contributed by atoms with Gasteiger partial charge in [-0.3, -0.25) is 4.79 Å². The van der Waals surface area contributed by atoms with Gasteiger partial charge in [-0.25, -0.2) is 4.48 Å². The third kappa shape index (κ3) is 3.57. The average Bonchev–Trinajstić information content (AvgIpc) is 3.20. The Morgan fingerprint density at radius 2 is 1.79 bits per heavy atom. The molecule has 4 rings (SSSR count). The van der Waals surface area contributed by atoms with Crippen molar-refractivity contribution in [2.45, 2.75) is 39.0 Å². The Labute approximate surface area is 172 Å². The fourth-order valence-electron chi connectivity index (χ4n) is 4.50. The average molecular weight is 391 g/mol. The second-order valence-electron chi connectivity index (χ2n) is 7.20. The summed E-state index contributed by atoms with van der Waals surface area (Å²) in [6.45, 7) is 4.98. The van der Waals surface area contributed by atoms with Crippen LogP contribution in [0, 0.1) is 11.3 Å². The van der Waals surface area contributed by atoms with Gasteiger partial charge in [0.15, 0.2) is 6.04 Å². The molecule has 5 nitrogen and oxygen atoms in total. The van der Waals surface area contributed by atoms with Crippen molar-refractivity contribution in [3.63, 3.8) is 0 Å². The van der Waals surface area contributed by atoms with Crippen LogP contribution in [-0.4, -0.2) is 41.2 Å². The first-order valence-corrected chi connectivity index (χ1v) is 10.0. The maximum atomic E-state index is 13.3. The fraction of sp³-hybridized carbons (Fsp3) is 0.333. The summed E-state index contributed by atoms with van der Waals surface area (Å²) >= 11 is 0. The Bertz CT molecular complexity index is 944. The molecule has 1 N–H and O–H groups in total. The molecule has 0 saturated carbocycles. The number of Topliss-reactive ketones (excluding diaryl/α,β-unsaturated/α-hetero) is 1. The predicted molar refractivity (Wildman–Crippen MR) is 111 cm³/mol. The number of hydrogen-bond acceptors (Lipinski definition) is 4. The smallest absolute Gasteiger partial charge is 0.304 e. The predicted octanol–water partition coefficient (Wildman–Crippen LogP) is 3.63. The third-order valence-electron chi connectivity index (χ3n) is 5.60. The van der Waals surface area contributed by atoms with E-state index in [0.29, 0.717) is 41.0 Å². The summed E-state index contributed by atoms with van der Waals surface area (Å²) in [4.78, 5) is 13.3. The number of benzene rings is 2. The van der Waals surface area contributed by atoms with Gasteiger partial charge in [0.25, 0.3) is 0 Å². The van der Waals surface area contributed by atoms with Crippen LogP contribution in [0.2, 0.25) is 0 Å². The Kier molecular flexibility index (Phi) is 6.17. The van der Waals surface area contributed by atoms with Crippen molar-refractivity contribution in [1.82, 2.24) is 0 Å². The van der Waals surface area contributed by atoms with Crippen LogP contribution < -0.4 is 0 Å². The number of nitrogens with zero attached hydrogens (tertiary/aromatic N) is 2. The lowest BCUT2D eigenvalue weighted by atomic mass is 9.99. The van der Waals surface area contributed by atoms with Crippen LogP contribution in [0.4, 0.5) is 0 Å². The van der Waals surface area contributed by atoms with E-state index in [1.807, 2.05) is 56.3 Å². The lowest BCUT2D eigenvalue weighted by Crippen LogP contribution is -2.49. The number of methoxy groups -OCH3 is 1. The number of carbonyl (C=O) groups is 1. The van der Waals surface area contributed by atoms with Gasteiger partial charge in [-0.15, -0.1) is 0 Å². The number of aliphatic hydroxyl groups is 1. The number of quaternary nitrogens is 1. The first-order chi connectivity index (χ1) is 14.1. The summed E-state index contributed by atoms with van der Waals surface area (Å²) in [5.74, 6) is 0.653. The van der Waals surface area contributed by atoms with Crippen molar-refractivity contribution in [2.75, 3.05) is 13.7 Å². The normalized spacial score (nSPS) is 25.1. The molecule has 0 aromatic heterocycles. The molecule has 2 aliphatic rings. The number of fused-ring (bicyclic) bond motifs is 1. The standard InChI is InChI=1S/C22H21N2O3.C2H6/c1-27-22-20(17-5-3-2-4-6-17)21(26)19-11-18(25)14-24(19,22)13-16-9-7-15(12-23)8-10-16;1-2/h2-10,18-19,25H,11,13-14H2,1H3;1-2H3/q+1;. The van der Waals surface area contributed by atoms with E-state index in [9.17, 15) is 9.90 Å². The lowest BCUT2D eigenvalue weighted by molar-refractivity contribution is -0.918. The van der Waals surface area contributed by atoms with Gasteiger partial charge in [-0.05, 0) is 17.7 Å². The van der Waals surface area contributed by atoms with Crippen LogP contribution in [0.1, 0.15) is 37.0 Å². The molecule has 1 fully saturated rings. The molecule has 3 atom stereocenters. The second-order valence-corrected chi connectivity index (χ2v) is 7.20. The number of rotatable bonds is 4. The molecule has 1 saturated heterocycles. The highest BCUT2D eigenvalue weighted by molar-refractivity contribution is 6.24. The summed E-state index contributed by atoms with van der Waals surface area (Å²) in [5, 5.41) is 19.4. The highest BCUT2D eigenvalue weighted by atomic mass is 16.5. The van der Waals surface area contributed by atoms with Crippen molar-refractivity contribution >= 4 is 11.4 Å². The third-order valence-corrected chi connectivity index (χ3v) is 5.60. The molecule has 0 aliphatic carbocycles. The van der Waals surface area contributed by atoms with Gasteiger partial charge < -0.3 is 9.84 Å². The fourth-order valence-corrected chi connectivity index (χ4v) is 4.50. The molecule has 3 unspecified atom stereocenters. The Hall–Kier alpha value is -2.94. The van der Waals surface area contributed by atoms with Crippen LogP contribution >= 0.6 is 0 Å². The van der Waals surface area contributed by atoms with E-state index < -0.39 is 6.10 Å². The molecule has 150 valence electrons. The summed E-state index contributed by atoms with van der Waals surface area (Å²) in [6, 6.07) is 18.7. The zero-order valence-corrected chi connectivity index (χ0v) is 17.1. The van der Waals surface area contributed by atoms with E-state index in [4.69, 9.17) is 10.00 Å². The molecule has 5 heteroatoms. The largest absolute Gasteiger partial charge is 0.455 e. The van der Waals surface area contributed by atoms with E-state index >= 15 is 0 Å². The minimum absolute atomic E-state index is 0.0308. The van der Waals surface area contributed by atoms with E-state index in [1.54, 1.807) is 19.2 Å². The van der Waals surface area contributed by atoms with Gasteiger partial charge in [0, 0.05) is 12.0 Å². The molecule has 0 radical (unpaired) electrons. The van der Waals surface area contributed by atoms with E-state index in [-0.39, 0.29) is 11.8 Å². The minimum Gasteiger partial charge on any atom is -0.455 e. The van der Waals surface area contributed by atoms with E-state index in [2.05, 4.69) is 6.07 Å². The van der Waals surface area contributed by atoms with Crippen molar-refractivity contribution in [1.29, 1.82) is 5.26 Å². The number of ketones is 1. The number of carbonyl (C=O) groups excluding carboxylic acids is 1. The summed E-state index contributed by atoms with van der Waals surface area (Å²) in [5.41, 5.74) is 3.07. The van der Waals surface area contributed by atoms with E-state index in [1.165, 1.54) is 0 Å². The van der Waals surface area contributed by atoms with Crippen molar-refractivity contribution in [2.24, 2.45) is 0 Å². The molecule has 2 aromatic carbocycles. The van der Waals surface area contributed by atoms with Gasteiger partial charge in [0.05, 0.1) is 18.7 Å². The molecule has 0 spiro atoms. The van der Waals surface area contributed by atoms with Gasteiger partial charge >= 0.3 is 5.88 Å². The van der Waals surface area contributed by atoms with Crippen LogP contribution in [-0.2, 0) is 16.1 Å². The Morgan fingerprint density at radius 1 is 1.14 bits per heavy atom. The molecule has 2 aliphatic heterocycles. The number of aliphatic hydroxyl groups excluding tert-OH is 1. The highest BCUT2D eigenvalue weighted by Gasteiger charge is 2.61. The van der Waals surface area contributed by atoms with Gasteiger partial charge in [-0.1, -0.05) is 56.3 Å². The summed E-state index contributed by atoms with van der Waals surface area (Å²) < 4.78 is 6.10. The molecule has 2 heterocycles. The van der Waals surface area contributed by atoms with Crippen LogP contribution in [0.3, 0.4) is 0 Å². The Balaban J connectivity index is 0.00000117. The molecule has 29 heavy (non-hydrogen) atoms. The number of hydrogen-bond donors (Lipinski definition) is 1. The summed E-state index contributed by atoms with van der Waals surface area (Å²) in [7, 11) is 1.59. The van der Waals surface area contributed by atoms with Gasteiger partial charge in [0.2, 0.25) is 5.78 Å².